The quantitative estimate of drug-likeness (QED) is 0.704. The number of hydrogen-bond donors (Lipinski definition) is 2. The standard InChI is InChI=1S/C17H26N2O4/c1-23-11-5-10-19-9-4-6-14(16(19)22)15(21)18-12-17(13-20)7-2-3-8-17/h4,6,9,20H,2-3,5,7-8,10-13H2,1H3,(H,18,21). The number of carbonyl (C=O) groups excluding carboxylic acids is 1. The molecule has 1 aromatic rings. The molecule has 1 aromatic heterocycles. The Hall–Kier alpha value is -1.66. The number of pyridine rings is 1. The van der Waals surface area contributed by atoms with Crippen molar-refractivity contribution < 1.29 is 14.6 Å². The molecule has 0 saturated heterocycles. The van der Waals surface area contributed by atoms with Gasteiger partial charge in [-0.2, -0.15) is 0 Å². The minimum Gasteiger partial charge on any atom is -0.396 e. The molecular weight excluding hydrogens is 296 g/mol. The molecule has 1 fully saturated rings. The molecule has 6 nitrogen and oxygen atoms in total. The molecule has 1 saturated carbocycles. The molecule has 23 heavy (non-hydrogen) atoms. The summed E-state index contributed by atoms with van der Waals surface area (Å²) in [6, 6.07) is 3.26. The summed E-state index contributed by atoms with van der Waals surface area (Å²) in [5.74, 6) is -0.365. The summed E-state index contributed by atoms with van der Waals surface area (Å²) in [7, 11) is 1.62. The van der Waals surface area contributed by atoms with Gasteiger partial charge in [0.25, 0.3) is 11.5 Å². The zero-order valence-electron chi connectivity index (χ0n) is 13.7. The highest BCUT2D eigenvalue weighted by molar-refractivity contribution is 5.93. The Morgan fingerprint density at radius 2 is 2.17 bits per heavy atom. The Bertz CT molecular complexity index is 576. The number of aliphatic hydroxyl groups excluding tert-OH is 1. The third-order valence-electron chi connectivity index (χ3n) is 4.64. The minimum absolute atomic E-state index is 0.0727. The van der Waals surface area contributed by atoms with E-state index >= 15 is 0 Å². The molecule has 0 unspecified atom stereocenters. The fourth-order valence-electron chi connectivity index (χ4n) is 3.14. The summed E-state index contributed by atoms with van der Waals surface area (Å²) < 4.78 is 6.51. The van der Waals surface area contributed by atoms with Gasteiger partial charge in [-0.15, -0.1) is 0 Å². The van der Waals surface area contributed by atoms with E-state index in [2.05, 4.69) is 5.32 Å². The average Bonchev–Trinajstić information content (AvgIpc) is 3.04. The molecule has 1 amide bonds. The number of rotatable bonds is 8. The smallest absolute Gasteiger partial charge is 0.263 e. The molecule has 6 heteroatoms. The van der Waals surface area contributed by atoms with Crippen LogP contribution in [-0.2, 0) is 11.3 Å². The van der Waals surface area contributed by atoms with Crippen LogP contribution in [0.2, 0.25) is 0 Å². The van der Waals surface area contributed by atoms with E-state index in [-0.39, 0.29) is 29.1 Å². The first-order valence-electron chi connectivity index (χ1n) is 8.19. The number of amides is 1. The second kappa shape index (κ2) is 8.26. The molecule has 0 atom stereocenters. The minimum atomic E-state index is -0.365. The Balaban J connectivity index is 2.01. The number of nitrogens with zero attached hydrogens (tertiary/aromatic N) is 1. The highest BCUT2D eigenvalue weighted by Gasteiger charge is 2.33. The van der Waals surface area contributed by atoms with Crippen molar-refractivity contribution in [1.29, 1.82) is 0 Å². The van der Waals surface area contributed by atoms with Crippen molar-refractivity contribution >= 4 is 5.91 Å². The monoisotopic (exact) mass is 322 g/mol. The maximum Gasteiger partial charge on any atom is 0.263 e. The van der Waals surface area contributed by atoms with E-state index in [0.717, 1.165) is 32.1 Å². The number of methoxy groups -OCH3 is 1. The van der Waals surface area contributed by atoms with Crippen LogP contribution in [0.5, 0.6) is 0 Å². The van der Waals surface area contributed by atoms with Gasteiger partial charge in [0, 0.05) is 38.4 Å². The van der Waals surface area contributed by atoms with Crippen LogP contribution in [-0.4, -0.2) is 42.4 Å². The predicted octanol–water partition coefficient (Wildman–Crippen LogP) is 1.17. The lowest BCUT2D eigenvalue weighted by molar-refractivity contribution is 0.0878. The van der Waals surface area contributed by atoms with Crippen molar-refractivity contribution in [3.63, 3.8) is 0 Å². The lowest BCUT2D eigenvalue weighted by atomic mass is 9.87. The van der Waals surface area contributed by atoms with Crippen LogP contribution >= 0.6 is 0 Å². The SMILES string of the molecule is COCCCn1cccc(C(=O)NCC2(CO)CCCC2)c1=O. The van der Waals surface area contributed by atoms with E-state index in [9.17, 15) is 14.7 Å². The van der Waals surface area contributed by atoms with Gasteiger partial charge in [0.1, 0.15) is 5.56 Å². The fourth-order valence-corrected chi connectivity index (χ4v) is 3.14. The molecule has 2 N–H and O–H groups in total. The fraction of sp³-hybridized carbons (Fsp3) is 0.647. The number of ether oxygens (including phenoxy) is 1. The van der Waals surface area contributed by atoms with Crippen LogP contribution in [0.25, 0.3) is 0 Å². The van der Waals surface area contributed by atoms with Crippen LogP contribution in [0.3, 0.4) is 0 Å². The molecule has 0 spiro atoms. The van der Waals surface area contributed by atoms with Gasteiger partial charge < -0.3 is 19.7 Å². The van der Waals surface area contributed by atoms with Crippen LogP contribution in [0.1, 0.15) is 42.5 Å². The summed E-state index contributed by atoms with van der Waals surface area (Å²) in [6.07, 6.45) is 6.39. The lowest BCUT2D eigenvalue weighted by Crippen LogP contribution is -2.40. The van der Waals surface area contributed by atoms with Crippen molar-refractivity contribution in [1.82, 2.24) is 9.88 Å². The first-order valence-corrected chi connectivity index (χ1v) is 8.19. The van der Waals surface area contributed by atoms with Gasteiger partial charge in [-0.1, -0.05) is 12.8 Å². The van der Waals surface area contributed by atoms with Crippen molar-refractivity contribution in [2.45, 2.75) is 38.6 Å². The highest BCUT2D eigenvalue weighted by Crippen LogP contribution is 2.36. The normalized spacial score (nSPS) is 16.4. The van der Waals surface area contributed by atoms with Crippen molar-refractivity contribution in [2.24, 2.45) is 5.41 Å². The topological polar surface area (TPSA) is 80.6 Å². The third-order valence-corrected chi connectivity index (χ3v) is 4.64. The first-order chi connectivity index (χ1) is 11.1. The van der Waals surface area contributed by atoms with E-state index in [1.165, 1.54) is 4.57 Å². The zero-order valence-corrected chi connectivity index (χ0v) is 13.7. The highest BCUT2D eigenvalue weighted by atomic mass is 16.5. The van der Waals surface area contributed by atoms with Crippen LogP contribution < -0.4 is 10.9 Å². The molecule has 1 heterocycles. The molecule has 2 rings (SSSR count). The summed E-state index contributed by atoms with van der Waals surface area (Å²) in [5.41, 5.74) is -0.358. The van der Waals surface area contributed by atoms with E-state index in [1.54, 1.807) is 25.4 Å². The molecular formula is C17H26N2O4. The number of aromatic nitrogens is 1. The molecule has 1 aliphatic rings. The number of carbonyl (C=O) groups is 1. The number of aliphatic hydroxyl groups is 1. The molecule has 1 aliphatic carbocycles. The van der Waals surface area contributed by atoms with Gasteiger partial charge in [0.05, 0.1) is 6.61 Å². The Kier molecular flexibility index (Phi) is 6.36. The predicted molar refractivity (Wildman–Crippen MR) is 87.5 cm³/mol. The summed E-state index contributed by atoms with van der Waals surface area (Å²) in [5, 5.41) is 12.4. The molecule has 128 valence electrons. The maximum atomic E-state index is 12.4. The van der Waals surface area contributed by atoms with Gasteiger partial charge >= 0.3 is 0 Å². The number of aryl methyl sites for hydroxylation is 1. The Labute approximate surface area is 136 Å². The molecule has 0 aliphatic heterocycles. The Morgan fingerprint density at radius 3 is 2.83 bits per heavy atom. The number of nitrogens with one attached hydrogen (secondary N) is 1. The maximum absolute atomic E-state index is 12.4. The molecule has 0 aromatic carbocycles. The molecule has 0 bridgehead atoms. The first kappa shape index (κ1) is 17.7. The van der Waals surface area contributed by atoms with Gasteiger partial charge in [-0.3, -0.25) is 9.59 Å². The second-order valence-corrected chi connectivity index (χ2v) is 6.31. The summed E-state index contributed by atoms with van der Waals surface area (Å²) in [6.45, 7) is 1.58. The second-order valence-electron chi connectivity index (χ2n) is 6.31. The third kappa shape index (κ3) is 4.42. The van der Waals surface area contributed by atoms with Crippen LogP contribution in [0, 0.1) is 5.41 Å². The van der Waals surface area contributed by atoms with E-state index < -0.39 is 0 Å². The van der Waals surface area contributed by atoms with Gasteiger partial charge in [-0.25, -0.2) is 0 Å². The van der Waals surface area contributed by atoms with Crippen LogP contribution in [0.15, 0.2) is 23.1 Å². The lowest BCUT2D eigenvalue weighted by Gasteiger charge is -2.26. The van der Waals surface area contributed by atoms with Crippen molar-refractivity contribution in [3.05, 3.63) is 34.2 Å². The summed E-state index contributed by atoms with van der Waals surface area (Å²) in [4.78, 5) is 24.7. The van der Waals surface area contributed by atoms with Crippen molar-refractivity contribution in [3.8, 4) is 0 Å². The largest absolute Gasteiger partial charge is 0.396 e. The Morgan fingerprint density at radius 1 is 1.43 bits per heavy atom. The van der Waals surface area contributed by atoms with E-state index in [4.69, 9.17) is 4.74 Å². The van der Waals surface area contributed by atoms with Gasteiger partial charge in [-0.05, 0) is 31.4 Å². The van der Waals surface area contributed by atoms with Gasteiger partial charge in [0.15, 0.2) is 0 Å². The van der Waals surface area contributed by atoms with E-state index in [0.29, 0.717) is 19.7 Å². The van der Waals surface area contributed by atoms with E-state index in [1.807, 2.05) is 0 Å². The zero-order chi connectivity index (χ0) is 16.7. The summed E-state index contributed by atoms with van der Waals surface area (Å²) >= 11 is 0. The van der Waals surface area contributed by atoms with Crippen molar-refractivity contribution in [2.75, 3.05) is 26.9 Å². The van der Waals surface area contributed by atoms with Crippen LogP contribution in [0.4, 0.5) is 0 Å². The van der Waals surface area contributed by atoms with Gasteiger partial charge in [0.2, 0.25) is 0 Å². The molecule has 0 radical (unpaired) electrons. The average molecular weight is 322 g/mol. The number of hydrogen-bond acceptors (Lipinski definition) is 4.